The monoisotopic (exact) mass is 549 g/mol. The standard InChI is InChI=1S/C27H27ClF3N3O4/c1-25(2,27(29,30)31)21(35)11-5-16-4-10-20(28)19(12-16)23-32-22(33-24(36)34-23)17-6-8-18(9-7-17)38-15-26(3)13-37-14-26/h4,6-10,12H,5,11,13-15H2,1-3H3,(H,32,33,34,36). The molecule has 0 unspecified atom stereocenters. The van der Waals surface area contributed by atoms with Crippen molar-refractivity contribution in [3.63, 3.8) is 0 Å². The lowest BCUT2D eigenvalue weighted by molar-refractivity contribution is -0.210. The molecule has 1 aliphatic heterocycles. The summed E-state index contributed by atoms with van der Waals surface area (Å²) < 4.78 is 50.6. The van der Waals surface area contributed by atoms with E-state index < -0.39 is 23.1 Å². The summed E-state index contributed by atoms with van der Waals surface area (Å²) in [6.45, 7) is 5.65. The number of Topliss-reactive ketones (excluding diaryl/α,β-unsaturated/α-hetero) is 1. The van der Waals surface area contributed by atoms with Crippen molar-refractivity contribution in [2.24, 2.45) is 10.8 Å². The second-order valence-electron chi connectivity index (χ2n) is 10.3. The van der Waals surface area contributed by atoms with E-state index in [1.54, 1.807) is 42.5 Å². The number of H-pyrrole nitrogens is 1. The molecule has 0 bridgehead atoms. The number of aromatic nitrogens is 3. The van der Waals surface area contributed by atoms with Crippen LogP contribution in [0.25, 0.3) is 22.8 Å². The third-order valence-corrected chi connectivity index (χ3v) is 6.91. The Morgan fingerprint density at radius 2 is 1.82 bits per heavy atom. The number of hydrogen-bond acceptors (Lipinski definition) is 6. The normalized spacial score (nSPS) is 15.1. The summed E-state index contributed by atoms with van der Waals surface area (Å²) in [6.07, 6.45) is -4.88. The Labute approximate surface area is 222 Å². The van der Waals surface area contributed by atoms with Gasteiger partial charge in [-0.25, -0.2) is 9.78 Å². The number of ketones is 1. The Bertz CT molecular complexity index is 1380. The van der Waals surface area contributed by atoms with Crippen LogP contribution in [0.15, 0.2) is 47.3 Å². The Morgan fingerprint density at radius 1 is 1.13 bits per heavy atom. The zero-order valence-electron chi connectivity index (χ0n) is 21.1. The number of aryl methyl sites for hydroxylation is 1. The molecule has 1 N–H and O–H groups in total. The first-order valence-electron chi connectivity index (χ1n) is 12.0. The van der Waals surface area contributed by atoms with Crippen LogP contribution in [0, 0.1) is 10.8 Å². The highest BCUT2D eigenvalue weighted by atomic mass is 35.5. The minimum Gasteiger partial charge on any atom is -0.493 e. The smallest absolute Gasteiger partial charge is 0.400 e. The second-order valence-corrected chi connectivity index (χ2v) is 10.7. The first kappa shape index (κ1) is 27.8. The first-order valence-corrected chi connectivity index (χ1v) is 12.3. The Morgan fingerprint density at radius 3 is 2.42 bits per heavy atom. The molecule has 1 aromatic heterocycles. The highest BCUT2D eigenvalue weighted by Crippen LogP contribution is 2.39. The zero-order valence-corrected chi connectivity index (χ0v) is 21.9. The predicted octanol–water partition coefficient (Wildman–Crippen LogP) is 5.66. The Kier molecular flexibility index (Phi) is 7.67. The van der Waals surface area contributed by atoms with Crippen LogP contribution in [0.3, 0.4) is 0 Å². The lowest BCUT2D eigenvalue weighted by Gasteiger charge is -2.37. The fourth-order valence-electron chi connectivity index (χ4n) is 3.77. The molecule has 0 atom stereocenters. The highest BCUT2D eigenvalue weighted by Gasteiger charge is 2.51. The predicted molar refractivity (Wildman–Crippen MR) is 136 cm³/mol. The molecule has 11 heteroatoms. The van der Waals surface area contributed by atoms with E-state index in [4.69, 9.17) is 21.1 Å². The maximum Gasteiger partial charge on any atom is 0.400 e. The van der Waals surface area contributed by atoms with Gasteiger partial charge in [0.25, 0.3) is 0 Å². The van der Waals surface area contributed by atoms with E-state index in [-0.39, 0.29) is 34.9 Å². The van der Waals surface area contributed by atoms with Gasteiger partial charge >= 0.3 is 11.9 Å². The number of hydrogen-bond donors (Lipinski definition) is 1. The van der Waals surface area contributed by atoms with Gasteiger partial charge in [-0.05, 0) is 62.2 Å². The van der Waals surface area contributed by atoms with Crippen molar-refractivity contribution >= 4 is 17.4 Å². The van der Waals surface area contributed by atoms with Crippen molar-refractivity contribution in [1.29, 1.82) is 0 Å². The second kappa shape index (κ2) is 10.5. The van der Waals surface area contributed by atoms with Crippen molar-refractivity contribution in [2.45, 2.75) is 39.8 Å². The van der Waals surface area contributed by atoms with Crippen LogP contribution in [-0.4, -0.2) is 46.7 Å². The maximum atomic E-state index is 13.2. The van der Waals surface area contributed by atoms with Gasteiger partial charge in [-0.2, -0.15) is 18.2 Å². The average molecular weight is 550 g/mol. The van der Waals surface area contributed by atoms with Crippen molar-refractivity contribution in [3.05, 3.63) is 63.5 Å². The highest BCUT2D eigenvalue weighted by molar-refractivity contribution is 6.33. The van der Waals surface area contributed by atoms with Gasteiger partial charge in [-0.3, -0.25) is 9.78 Å². The van der Waals surface area contributed by atoms with Gasteiger partial charge < -0.3 is 9.47 Å². The molecule has 0 radical (unpaired) electrons. The third kappa shape index (κ3) is 6.07. The van der Waals surface area contributed by atoms with Crippen LogP contribution < -0.4 is 10.4 Å². The molecule has 38 heavy (non-hydrogen) atoms. The van der Waals surface area contributed by atoms with Gasteiger partial charge in [0.2, 0.25) is 0 Å². The van der Waals surface area contributed by atoms with Gasteiger partial charge in [-0.15, -0.1) is 0 Å². The van der Waals surface area contributed by atoms with Crippen molar-refractivity contribution < 1.29 is 27.4 Å². The third-order valence-electron chi connectivity index (χ3n) is 6.58. The van der Waals surface area contributed by atoms with E-state index in [1.165, 1.54) is 0 Å². The van der Waals surface area contributed by atoms with E-state index in [0.29, 0.717) is 42.3 Å². The van der Waals surface area contributed by atoms with E-state index in [0.717, 1.165) is 13.8 Å². The Balaban J connectivity index is 1.52. The van der Waals surface area contributed by atoms with Crippen LogP contribution in [0.4, 0.5) is 13.2 Å². The summed E-state index contributed by atoms with van der Waals surface area (Å²) in [7, 11) is 0. The van der Waals surface area contributed by atoms with E-state index in [9.17, 15) is 22.8 Å². The molecule has 4 rings (SSSR count). The molecule has 3 aromatic rings. The minimum absolute atomic E-state index is 0.000956. The number of nitrogens with one attached hydrogen (secondary N) is 1. The molecule has 1 fully saturated rings. The molecule has 2 aromatic carbocycles. The number of halogens is 4. The fourth-order valence-corrected chi connectivity index (χ4v) is 3.98. The summed E-state index contributed by atoms with van der Waals surface area (Å²) in [5.74, 6) is 0.0537. The molecule has 7 nitrogen and oxygen atoms in total. The van der Waals surface area contributed by atoms with Gasteiger partial charge in [0.05, 0.1) is 24.8 Å². The average Bonchev–Trinajstić information content (AvgIpc) is 2.84. The molecular formula is C27H27ClF3N3O4. The number of rotatable bonds is 9. The van der Waals surface area contributed by atoms with Crippen LogP contribution in [-0.2, 0) is 16.0 Å². The molecular weight excluding hydrogens is 523 g/mol. The van der Waals surface area contributed by atoms with Gasteiger partial charge in [0, 0.05) is 23.0 Å². The fraction of sp³-hybridized carbons (Fsp3) is 0.407. The number of ether oxygens (including phenoxy) is 2. The first-order chi connectivity index (χ1) is 17.8. The summed E-state index contributed by atoms with van der Waals surface area (Å²) in [5.41, 5.74) is -1.58. The summed E-state index contributed by atoms with van der Waals surface area (Å²) >= 11 is 6.36. The number of aromatic amines is 1. The quantitative estimate of drug-likeness (QED) is 0.370. The molecule has 1 saturated heterocycles. The maximum absolute atomic E-state index is 13.2. The molecule has 2 heterocycles. The van der Waals surface area contributed by atoms with Crippen LogP contribution in [0.2, 0.25) is 5.02 Å². The SMILES string of the molecule is CC1(COc2ccc(-c3nc(-c4cc(CCC(=O)C(C)(C)C(F)(F)F)ccc4Cl)[nH]c(=O)n3)cc2)COC1. The van der Waals surface area contributed by atoms with Crippen molar-refractivity contribution in [2.75, 3.05) is 19.8 Å². The largest absolute Gasteiger partial charge is 0.493 e. The summed E-state index contributed by atoms with van der Waals surface area (Å²) in [6, 6.07) is 11.8. The number of nitrogens with zero attached hydrogens (tertiary/aromatic N) is 2. The molecule has 0 spiro atoms. The molecule has 0 aliphatic carbocycles. The van der Waals surface area contributed by atoms with Crippen LogP contribution in [0.5, 0.6) is 5.75 Å². The van der Waals surface area contributed by atoms with Crippen LogP contribution in [0.1, 0.15) is 32.8 Å². The van der Waals surface area contributed by atoms with Crippen molar-refractivity contribution in [1.82, 2.24) is 15.0 Å². The number of carbonyl (C=O) groups is 1. The molecule has 0 saturated carbocycles. The van der Waals surface area contributed by atoms with Gasteiger partial charge in [-0.1, -0.05) is 24.6 Å². The molecule has 202 valence electrons. The summed E-state index contributed by atoms with van der Waals surface area (Å²) in [4.78, 5) is 35.6. The zero-order chi connectivity index (χ0) is 27.7. The van der Waals surface area contributed by atoms with E-state index in [1.807, 2.05) is 0 Å². The lowest BCUT2D eigenvalue weighted by atomic mass is 9.84. The van der Waals surface area contributed by atoms with E-state index >= 15 is 0 Å². The van der Waals surface area contributed by atoms with Crippen LogP contribution >= 0.6 is 11.6 Å². The van der Waals surface area contributed by atoms with E-state index in [2.05, 4.69) is 21.9 Å². The number of benzene rings is 2. The molecule has 1 aliphatic rings. The topological polar surface area (TPSA) is 94.2 Å². The van der Waals surface area contributed by atoms with Gasteiger partial charge in [0.15, 0.2) is 5.82 Å². The molecule has 0 amide bonds. The lowest BCUT2D eigenvalue weighted by Crippen LogP contribution is -2.44. The minimum atomic E-state index is -4.64. The summed E-state index contributed by atoms with van der Waals surface area (Å²) in [5, 5.41) is 0.271. The number of alkyl halides is 3. The Hall–Kier alpha value is -3.24. The van der Waals surface area contributed by atoms with Gasteiger partial charge in [0.1, 0.15) is 22.8 Å². The number of carbonyl (C=O) groups excluding carboxylic acids is 1. The van der Waals surface area contributed by atoms with Crippen molar-refractivity contribution in [3.8, 4) is 28.5 Å².